The van der Waals surface area contributed by atoms with Crippen molar-refractivity contribution in [3.05, 3.63) is 49.9 Å². The molecular weight excluding hydrogens is 298 g/mol. The second-order valence-electron chi connectivity index (χ2n) is 3.90. The van der Waals surface area contributed by atoms with Crippen LogP contribution in [0.15, 0.2) is 27.4 Å². The molecule has 0 saturated heterocycles. The molecule has 0 fully saturated rings. The quantitative estimate of drug-likeness (QED) is 0.676. The Balaban J connectivity index is 2.46. The van der Waals surface area contributed by atoms with Crippen LogP contribution >= 0.6 is 27.3 Å². The molecule has 3 N–H and O–H groups in total. The minimum atomic E-state index is -0.0243. The Morgan fingerprint density at radius 2 is 2.06 bits per heavy atom. The van der Waals surface area contributed by atoms with Crippen LogP contribution in [-0.2, 0) is 0 Å². The van der Waals surface area contributed by atoms with Gasteiger partial charge >= 0.3 is 0 Å². The molecule has 0 aliphatic heterocycles. The summed E-state index contributed by atoms with van der Waals surface area (Å²) in [5.74, 6) is 5.68. The van der Waals surface area contributed by atoms with Crippen molar-refractivity contribution >= 4 is 27.3 Å². The van der Waals surface area contributed by atoms with Gasteiger partial charge in [0.15, 0.2) is 0 Å². The van der Waals surface area contributed by atoms with Crippen molar-refractivity contribution in [3.8, 4) is 0 Å². The molecule has 0 spiro atoms. The number of pyridine rings is 1. The molecule has 17 heavy (non-hydrogen) atoms. The Bertz CT molecular complexity index is 524. The van der Waals surface area contributed by atoms with Crippen molar-refractivity contribution < 1.29 is 0 Å². The molecule has 0 bridgehead atoms. The third-order valence-electron chi connectivity index (χ3n) is 2.70. The molecule has 0 aromatic carbocycles. The number of hydrogen-bond donors (Lipinski definition) is 2. The lowest BCUT2D eigenvalue weighted by molar-refractivity contribution is 0.630. The second kappa shape index (κ2) is 5.27. The predicted octanol–water partition coefficient (Wildman–Crippen LogP) is 3.08. The first kappa shape index (κ1) is 12.7. The SMILES string of the molecule is Cc1ccc(C(NN)c2cscc2Br)c(C)n1. The van der Waals surface area contributed by atoms with E-state index in [1.165, 1.54) is 0 Å². The van der Waals surface area contributed by atoms with Crippen LogP contribution in [0, 0.1) is 13.8 Å². The van der Waals surface area contributed by atoms with Crippen LogP contribution in [0.25, 0.3) is 0 Å². The van der Waals surface area contributed by atoms with Gasteiger partial charge < -0.3 is 0 Å². The van der Waals surface area contributed by atoms with Crippen LogP contribution in [-0.4, -0.2) is 4.98 Å². The first-order valence-electron chi connectivity index (χ1n) is 5.25. The van der Waals surface area contributed by atoms with E-state index in [9.17, 15) is 0 Å². The highest BCUT2D eigenvalue weighted by molar-refractivity contribution is 9.10. The van der Waals surface area contributed by atoms with Gasteiger partial charge in [-0.2, -0.15) is 11.3 Å². The number of hydrogen-bond acceptors (Lipinski definition) is 4. The molecule has 5 heteroatoms. The molecule has 0 radical (unpaired) electrons. The van der Waals surface area contributed by atoms with Crippen molar-refractivity contribution in [2.75, 3.05) is 0 Å². The average Bonchev–Trinajstić information content (AvgIpc) is 2.69. The fourth-order valence-corrected chi connectivity index (χ4v) is 3.40. The van der Waals surface area contributed by atoms with Gasteiger partial charge in [0.05, 0.1) is 6.04 Å². The van der Waals surface area contributed by atoms with Gasteiger partial charge in [-0.3, -0.25) is 10.8 Å². The molecule has 1 atom stereocenters. The second-order valence-corrected chi connectivity index (χ2v) is 5.50. The zero-order chi connectivity index (χ0) is 12.4. The largest absolute Gasteiger partial charge is 0.271 e. The van der Waals surface area contributed by atoms with E-state index < -0.39 is 0 Å². The van der Waals surface area contributed by atoms with E-state index in [4.69, 9.17) is 5.84 Å². The Kier molecular flexibility index (Phi) is 3.93. The molecule has 3 nitrogen and oxygen atoms in total. The molecular formula is C12H14BrN3S. The highest BCUT2D eigenvalue weighted by Gasteiger charge is 2.18. The Morgan fingerprint density at radius 3 is 2.59 bits per heavy atom. The summed E-state index contributed by atoms with van der Waals surface area (Å²) >= 11 is 5.19. The maximum absolute atomic E-state index is 5.68. The van der Waals surface area contributed by atoms with Gasteiger partial charge in [-0.1, -0.05) is 6.07 Å². The first-order valence-corrected chi connectivity index (χ1v) is 6.99. The molecule has 1 unspecified atom stereocenters. The number of nitrogens with zero attached hydrogens (tertiary/aromatic N) is 1. The summed E-state index contributed by atoms with van der Waals surface area (Å²) in [5.41, 5.74) is 7.14. The van der Waals surface area contributed by atoms with E-state index in [0.29, 0.717) is 0 Å². The van der Waals surface area contributed by atoms with Gasteiger partial charge in [-0.25, -0.2) is 5.43 Å². The standard InChI is InChI=1S/C12H14BrN3S/c1-7-3-4-9(8(2)15-7)12(16-14)10-5-17-6-11(10)13/h3-6,12,16H,14H2,1-2H3. The monoisotopic (exact) mass is 311 g/mol. The van der Waals surface area contributed by atoms with Gasteiger partial charge in [0.1, 0.15) is 0 Å². The van der Waals surface area contributed by atoms with E-state index >= 15 is 0 Å². The molecule has 2 rings (SSSR count). The van der Waals surface area contributed by atoms with E-state index in [1.807, 2.05) is 19.9 Å². The normalized spacial score (nSPS) is 12.7. The predicted molar refractivity (Wildman–Crippen MR) is 74.9 cm³/mol. The highest BCUT2D eigenvalue weighted by Crippen LogP contribution is 2.32. The molecule has 90 valence electrons. The minimum Gasteiger partial charge on any atom is -0.271 e. The fraction of sp³-hybridized carbons (Fsp3) is 0.250. The van der Waals surface area contributed by atoms with E-state index in [1.54, 1.807) is 11.3 Å². The molecule has 2 heterocycles. The Labute approximate surface area is 113 Å². The van der Waals surface area contributed by atoms with Gasteiger partial charge in [-0.05, 0) is 52.4 Å². The topological polar surface area (TPSA) is 50.9 Å². The summed E-state index contributed by atoms with van der Waals surface area (Å²) in [6.07, 6.45) is 0. The van der Waals surface area contributed by atoms with E-state index in [2.05, 4.69) is 43.2 Å². The lowest BCUT2D eigenvalue weighted by Crippen LogP contribution is -2.29. The summed E-state index contributed by atoms with van der Waals surface area (Å²) in [5, 5.41) is 4.14. The summed E-state index contributed by atoms with van der Waals surface area (Å²) in [6.45, 7) is 4.00. The third kappa shape index (κ3) is 2.57. The zero-order valence-corrected chi connectivity index (χ0v) is 12.1. The summed E-state index contributed by atoms with van der Waals surface area (Å²) in [6, 6.07) is 4.06. The van der Waals surface area contributed by atoms with Crippen molar-refractivity contribution in [1.82, 2.24) is 10.4 Å². The van der Waals surface area contributed by atoms with Crippen molar-refractivity contribution in [2.45, 2.75) is 19.9 Å². The lowest BCUT2D eigenvalue weighted by Gasteiger charge is -2.18. The maximum atomic E-state index is 5.68. The summed E-state index contributed by atoms with van der Waals surface area (Å²) in [7, 11) is 0. The summed E-state index contributed by atoms with van der Waals surface area (Å²) in [4.78, 5) is 4.47. The number of halogens is 1. The number of aromatic nitrogens is 1. The van der Waals surface area contributed by atoms with Gasteiger partial charge in [0, 0.05) is 21.2 Å². The maximum Gasteiger partial charge on any atom is 0.0746 e. The van der Waals surface area contributed by atoms with Gasteiger partial charge in [0.2, 0.25) is 0 Å². The van der Waals surface area contributed by atoms with E-state index in [0.717, 1.165) is 27.0 Å². The van der Waals surface area contributed by atoms with Crippen LogP contribution < -0.4 is 11.3 Å². The van der Waals surface area contributed by atoms with Gasteiger partial charge in [-0.15, -0.1) is 0 Å². The van der Waals surface area contributed by atoms with Crippen LogP contribution in [0.4, 0.5) is 0 Å². The fourth-order valence-electron chi connectivity index (χ4n) is 1.85. The molecule has 0 aliphatic rings. The average molecular weight is 312 g/mol. The van der Waals surface area contributed by atoms with Crippen LogP contribution in [0.1, 0.15) is 28.6 Å². The van der Waals surface area contributed by atoms with Crippen LogP contribution in [0.3, 0.4) is 0 Å². The molecule has 0 amide bonds. The van der Waals surface area contributed by atoms with Crippen molar-refractivity contribution in [2.24, 2.45) is 5.84 Å². The molecule has 0 saturated carbocycles. The first-order chi connectivity index (χ1) is 8.13. The number of nitrogens with two attached hydrogens (primary N) is 1. The minimum absolute atomic E-state index is 0.0243. The van der Waals surface area contributed by atoms with Crippen molar-refractivity contribution in [3.63, 3.8) is 0 Å². The summed E-state index contributed by atoms with van der Waals surface area (Å²) < 4.78 is 1.07. The number of aryl methyl sites for hydroxylation is 2. The van der Waals surface area contributed by atoms with Crippen LogP contribution in [0.5, 0.6) is 0 Å². The number of thiophene rings is 1. The zero-order valence-electron chi connectivity index (χ0n) is 9.70. The molecule has 2 aromatic heterocycles. The smallest absolute Gasteiger partial charge is 0.0746 e. The Morgan fingerprint density at radius 1 is 1.29 bits per heavy atom. The molecule has 0 aliphatic carbocycles. The van der Waals surface area contributed by atoms with Gasteiger partial charge in [0.25, 0.3) is 0 Å². The highest BCUT2D eigenvalue weighted by atomic mass is 79.9. The number of hydrazine groups is 1. The Hall–Kier alpha value is -0.750. The number of nitrogens with one attached hydrogen (secondary N) is 1. The van der Waals surface area contributed by atoms with Crippen LogP contribution in [0.2, 0.25) is 0 Å². The van der Waals surface area contributed by atoms with Crippen molar-refractivity contribution in [1.29, 1.82) is 0 Å². The lowest BCUT2D eigenvalue weighted by atomic mass is 10.0. The molecule has 2 aromatic rings. The van der Waals surface area contributed by atoms with E-state index in [-0.39, 0.29) is 6.04 Å². The third-order valence-corrected chi connectivity index (χ3v) is 4.45. The number of rotatable bonds is 3.